The molecule has 1 aliphatic heterocycles. The third kappa shape index (κ3) is 3.34. The van der Waals surface area contributed by atoms with Crippen LogP contribution in [0.5, 0.6) is 5.75 Å². The van der Waals surface area contributed by atoms with E-state index in [0.29, 0.717) is 16.3 Å². The van der Waals surface area contributed by atoms with Crippen molar-refractivity contribution in [3.8, 4) is 5.75 Å². The molecular weight excluding hydrogens is 284 g/mol. The van der Waals surface area contributed by atoms with Crippen LogP contribution in [0.25, 0.3) is 0 Å². The highest BCUT2D eigenvalue weighted by atomic mass is 32.1. The second-order valence-corrected chi connectivity index (χ2v) is 7.16. The normalized spacial score (nSPS) is 19.7. The van der Waals surface area contributed by atoms with E-state index in [1.165, 1.54) is 30.6 Å². The maximum absolute atomic E-state index is 11.7. The molecule has 0 amide bonds. The van der Waals surface area contributed by atoms with E-state index in [0.717, 1.165) is 29.9 Å². The number of thiophene rings is 1. The zero-order chi connectivity index (χ0) is 15.6. The molecule has 118 valence electrons. The number of carbonyl (C=O) groups excluding carboxylic acids is 1. The number of hydrogen-bond acceptors (Lipinski definition) is 5. The Balaban J connectivity index is 2.25. The average molecular weight is 310 g/mol. The maximum Gasteiger partial charge on any atom is 0.177 e. The highest BCUT2D eigenvalue weighted by molar-refractivity contribution is 7.19. The molecule has 0 saturated carbocycles. The summed E-state index contributed by atoms with van der Waals surface area (Å²) in [5.74, 6) is 2.20. The lowest BCUT2D eigenvalue weighted by molar-refractivity contribution is 0.102. The van der Waals surface area contributed by atoms with Crippen molar-refractivity contribution in [2.24, 2.45) is 11.8 Å². The van der Waals surface area contributed by atoms with Gasteiger partial charge < -0.3 is 15.4 Å². The SMILES string of the molecule is COc1c(N2CCCC(C(C)C)CC2)sc(C(C)=O)c1N. The average Bonchev–Trinajstić information content (AvgIpc) is 2.62. The van der Waals surface area contributed by atoms with Crippen molar-refractivity contribution in [1.82, 2.24) is 0 Å². The smallest absolute Gasteiger partial charge is 0.177 e. The van der Waals surface area contributed by atoms with Crippen molar-refractivity contribution in [1.29, 1.82) is 0 Å². The second kappa shape index (κ2) is 6.69. The number of nitrogen functional groups attached to an aromatic ring is 1. The summed E-state index contributed by atoms with van der Waals surface area (Å²) in [4.78, 5) is 14.7. The summed E-state index contributed by atoms with van der Waals surface area (Å²) >= 11 is 1.47. The predicted octanol–water partition coefficient (Wildman–Crippen LogP) is 3.80. The van der Waals surface area contributed by atoms with E-state index in [1.807, 2.05) is 0 Å². The van der Waals surface area contributed by atoms with Gasteiger partial charge in [0.1, 0.15) is 5.00 Å². The molecule has 4 nitrogen and oxygen atoms in total. The molecule has 0 radical (unpaired) electrons. The third-order valence-corrected chi connectivity index (χ3v) is 5.76. The molecule has 1 unspecified atom stereocenters. The van der Waals surface area contributed by atoms with Crippen molar-refractivity contribution in [2.75, 3.05) is 30.8 Å². The van der Waals surface area contributed by atoms with Gasteiger partial charge in [0.05, 0.1) is 17.7 Å². The van der Waals surface area contributed by atoms with Crippen molar-refractivity contribution in [3.05, 3.63) is 4.88 Å². The predicted molar refractivity (Wildman–Crippen MR) is 89.7 cm³/mol. The molecule has 1 aromatic heterocycles. The van der Waals surface area contributed by atoms with E-state index in [2.05, 4.69) is 18.7 Å². The van der Waals surface area contributed by atoms with Crippen molar-refractivity contribution in [2.45, 2.75) is 40.0 Å². The highest BCUT2D eigenvalue weighted by Gasteiger charge is 2.26. The van der Waals surface area contributed by atoms with Crippen LogP contribution in [-0.2, 0) is 0 Å². The monoisotopic (exact) mass is 310 g/mol. The molecular formula is C16H26N2O2S. The van der Waals surface area contributed by atoms with Crippen LogP contribution in [0.3, 0.4) is 0 Å². The second-order valence-electron chi connectivity index (χ2n) is 6.16. The van der Waals surface area contributed by atoms with E-state index in [9.17, 15) is 4.79 Å². The van der Waals surface area contributed by atoms with Gasteiger partial charge in [0.15, 0.2) is 11.5 Å². The largest absolute Gasteiger partial charge is 0.492 e. The molecule has 0 spiro atoms. The number of hydrogen-bond donors (Lipinski definition) is 1. The molecule has 0 aromatic carbocycles. The lowest BCUT2D eigenvalue weighted by atomic mass is 9.89. The number of rotatable bonds is 4. The van der Waals surface area contributed by atoms with Crippen LogP contribution in [0.1, 0.15) is 49.7 Å². The van der Waals surface area contributed by atoms with Crippen LogP contribution in [0, 0.1) is 11.8 Å². The zero-order valence-corrected chi connectivity index (χ0v) is 14.3. The van der Waals surface area contributed by atoms with Gasteiger partial charge in [-0.05, 0) is 31.1 Å². The Morgan fingerprint density at radius 2 is 2.10 bits per heavy atom. The van der Waals surface area contributed by atoms with Crippen molar-refractivity contribution in [3.63, 3.8) is 0 Å². The van der Waals surface area contributed by atoms with Crippen LogP contribution < -0.4 is 15.4 Å². The van der Waals surface area contributed by atoms with Crippen LogP contribution in [-0.4, -0.2) is 26.0 Å². The fourth-order valence-electron chi connectivity index (χ4n) is 3.08. The van der Waals surface area contributed by atoms with Gasteiger partial charge in [0.2, 0.25) is 0 Å². The molecule has 1 aliphatic rings. The number of carbonyl (C=O) groups is 1. The van der Waals surface area contributed by atoms with Gasteiger partial charge in [-0.25, -0.2) is 0 Å². The van der Waals surface area contributed by atoms with Gasteiger partial charge in [0, 0.05) is 20.0 Å². The minimum atomic E-state index is 0.0110. The molecule has 2 rings (SSSR count). The number of ether oxygens (including phenoxy) is 1. The fourth-order valence-corrected chi connectivity index (χ4v) is 4.21. The Labute approximate surface area is 131 Å². The summed E-state index contributed by atoms with van der Waals surface area (Å²) in [5, 5.41) is 1.02. The molecule has 2 heterocycles. The molecule has 2 N–H and O–H groups in total. The molecule has 1 atom stereocenters. The first-order valence-corrected chi connectivity index (χ1v) is 8.49. The van der Waals surface area contributed by atoms with E-state index in [-0.39, 0.29) is 5.78 Å². The molecule has 0 aliphatic carbocycles. The summed E-state index contributed by atoms with van der Waals surface area (Å²) in [7, 11) is 1.63. The Morgan fingerprint density at radius 1 is 1.38 bits per heavy atom. The lowest BCUT2D eigenvalue weighted by Crippen LogP contribution is -2.24. The molecule has 0 bridgehead atoms. The Morgan fingerprint density at radius 3 is 2.67 bits per heavy atom. The van der Waals surface area contributed by atoms with Gasteiger partial charge in [-0.3, -0.25) is 4.79 Å². The summed E-state index contributed by atoms with van der Waals surface area (Å²) in [5.41, 5.74) is 6.57. The first-order chi connectivity index (χ1) is 9.95. The molecule has 1 aromatic rings. The minimum absolute atomic E-state index is 0.0110. The lowest BCUT2D eigenvalue weighted by Gasteiger charge is -2.22. The summed E-state index contributed by atoms with van der Waals surface area (Å²) in [6.45, 7) is 8.19. The summed E-state index contributed by atoms with van der Waals surface area (Å²) in [6.07, 6.45) is 3.64. The number of Topliss-reactive ketones (excluding diaryl/α,β-unsaturated/α-hetero) is 1. The van der Waals surface area contributed by atoms with Gasteiger partial charge in [-0.1, -0.05) is 13.8 Å². The van der Waals surface area contributed by atoms with E-state index >= 15 is 0 Å². The van der Waals surface area contributed by atoms with E-state index in [4.69, 9.17) is 10.5 Å². The zero-order valence-electron chi connectivity index (χ0n) is 13.4. The van der Waals surface area contributed by atoms with Gasteiger partial charge >= 0.3 is 0 Å². The van der Waals surface area contributed by atoms with Gasteiger partial charge in [0.25, 0.3) is 0 Å². The van der Waals surface area contributed by atoms with Crippen molar-refractivity contribution >= 4 is 27.8 Å². The number of nitrogens with two attached hydrogens (primary N) is 1. The molecule has 5 heteroatoms. The van der Waals surface area contributed by atoms with Crippen LogP contribution in [0.2, 0.25) is 0 Å². The van der Waals surface area contributed by atoms with E-state index < -0.39 is 0 Å². The maximum atomic E-state index is 11.7. The Bertz CT molecular complexity index is 511. The highest BCUT2D eigenvalue weighted by Crippen LogP contribution is 2.45. The molecule has 1 fully saturated rings. The summed E-state index contributed by atoms with van der Waals surface area (Å²) in [6, 6.07) is 0. The number of anilines is 2. The van der Waals surface area contributed by atoms with E-state index in [1.54, 1.807) is 14.0 Å². The Kier molecular flexibility index (Phi) is 5.14. The van der Waals surface area contributed by atoms with Gasteiger partial charge in [-0.2, -0.15) is 0 Å². The first-order valence-electron chi connectivity index (χ1n) is 7.67. The van der Waals surface area contributed by atoms with Gasteiger partial charge in [-0.15, -0.1) is 11.3 Å². The minimum Gasteiger partial charge on any atom is -0.492 e. The fraction of sp³-hybridized carbons (Fsp3) is 0.688. The van der Waals surface area contributed by atoms with Crippen LogP contribution in [0.15, 0.2) is 0 Å². The number of methoxy groups -OCH3 is 1. The molecule has 1 saturated heterocycles. The van der Waals surface area contributed by atoms with Crippen LogP contribution >= 0.6 is 11.3 Å². The Hall–Kier alpha value is -1.23. The number of ketones is 1. The number of nitrogens with zero attached hydrogens (tertiary/aromatic N) is 1. The first kappa shape index (κ1) is 16.1. The standard InChI is InChI=1S/C16H26N2O2S/c1-10(2)12-6-5-8-18(9-7-12)16-14(20-4)13(17)15(21-16)11(3)19/h10,12H,5-9,17H2,1-4H3. The summed E-state index contributed by atoms with van der Waals surface area (Å²) < 4.78 is 5.47. The van der Waals surface area contributed by atoms with Crippen LogP contribution in [0.4, 0.5) is 10.7 Å². The molecule has 21 heavy (non-hydrogen) atoms. The third-order valence-electron chi connectivity index (χ3n) is 4.41. The topological polar surface area (TPSA) is 55.6 Å². The van der Waals surface area contributed by atoms with Crippen molar-refractivity contribution < 1.29 is 9.53 Å². The quantitative estimate of drug-likeness (QED) is 0.859.